The van der Waals surface area contributed by atoms with E-state index in [1.165, 1.54) is 9.56 Å². The second-order valence-corrected chi connectivity index (χ2v) is 8.32. The second-order valence-electron chi connectivity index (χ2n) is 7.24. The summed E-state index contributed by atoms with van der Waals surface area (Å²) in [6.07, 6.45) is 2.91. The van der Waals surface area contributed by atoms with Gasteiger partial charge in [0.15, 0.2) is 4.83 Å². The monoisotopic (exact) mass is 398 g/mol. The summed E-state index contributed by atoms with van der Waals surface area (Å²) < 4.78 is 6.44. The van der Waals surface area contributed by atoms with E-state index in [1.807, 2.05) is 6.07 Å². The lowest BCUT2D eigenvalue weighted by Gasteiger charge is -2.18. The van der Waals surface area contributed by atoms with Crippen LogP contribution in [0.1, 0.15) is 36.8 Å². The number of anilines is 1. The standard InChI is InChI=1S/C20H22N4O3S/c1-11-8-9-13-16(10-11)28-19-17(13)20(26)24(23-22-19)12(2)18(25)21-14-6-4-5-7-15(14)27-3/h4-7,11-12H,8-10H2,1-3H3,(H,21,25). The minimum Gasteiger partial charge on any atom is -0.495 e. The fourth-order valence-electron chi connectivity index (χ4n) is 3.62. The van der Waals surface area contributed by atoms with Crippen molar-refractivity contribution in [2.75, 3.05) is 12.4 Å². The lowest BCUT2D eigenvalue weighted by molar-refractivity contribution is -0.119. The van der Waals surface area contributed by atoms with E-state index in [-0.39, 0.29) is 11.5 Å². The van der Waals surface area contributed by atoms with E-state index < -0.39 is 6.04 Å². The number of nitrogens with zero attached hydrogens (tertiary/aromatic N) is 3. The van der Waals surface area contributed by atoms with Crippen molar-refractivity contribution in [3.05, 3.63) is 45.1 Å². The van der Waals surface area contributed by atoms with Crippen LogP contribution in [0.15, 0.2) is 29.1 Å². The third kappa shape index (κ3) is 3.17. The van der Waals surface area contributed by atoms with Crippen LogP contribution in [0.5, 0.6) is 5.75 Å². The molecular weight excluding hydrogens is 376 g/mol. The molecule has 8 heteroatoms. The lowest BCUT2D eigenvalue weighted by Crippen LogP contribution is -2.34. The Bertz CT molecular complexity index is 1100. The first-order valence-electron chi connectivity index (χ1n) is 9.33. The Balaban J connectivity index is 1.68. The molecule has 146 valence electrons. The van der Waals surface area contributed by atoms with Gasteiger partial charge >= 0.3 is 0 Å². The van der Waals surface area contributed by atoms with E-state index in [1.54, 1.807) is 43.6 Å². The van der Waals surface area contributed by atoms with Crippen molar-refractivity contribution in [2.45, 2.75) is 39.2 Å². The van der Waals surface area contributed by atoms with Crippen LogP contribution in [0.3, 0.4) is 0 Å². The number of thiophene rings is 1. The van der Waals surface area contributed by atoms with Gasteiger partial charge in [-0.3, -0.25) is 9.59 Å². The number of nitrogens with one attached hydrogen (secondary N) is 1. The Kier molecular flexibility index (Phi) is 4.89. The molecular formula is C20H22N4O3S. The number of rotatable bonds is 4. The molecule has 1 aliphatic rings. The molecule has 0 saturated heterocycles. The van der Waals surface area contributed by atoms with E-state index >= 15 is 0 Å². The summed E-state index contributed by atoms with van der Waals surface area (Å²) in [6.45, 7) is 3.87. The number of methoxy groups -OCH3 is 1. The fourth-order valence-corrected chi connectivity index (χ4v) is 4.94. The van der Waals surface area contributed by atoms with Crippen LogP contribution >= 0.6 is 11.3 Å². The average molecular weight is 398 g/mol. The molecule has 2 unspecified atom stereocenters. The van der Waals surface area contributed by atoms with Crippen LogP contribution in [0.25, 0.3) is 10.2 Å². The molecule has 28 heavy (non-hydrogen) atoms. The van der Waals surface area contributed by atoms with Gasteiger partial charge < -0.3 is 10.1 Å². The van der Waals surface area contributed by atoms with Gasteiger partial charge in [-0.15, -0.1) is 16.4 Å². The molecule has 1 aromatic carbocycles. The highest BCUT2D eigenvalue weighted by atomic mass is 32.1. The third-order valence-electron chi connectivity index (χ3n) is 5.26. The molecule has 3 aromatic rings. The van der Waals surface area contributed by atoms with E-state index in [4.69, 9.17) is 4.74 Å². The molecule has 0 bridgehead atoms. The first-order chi connectivity index (χ1) is 13.5. The van der Waals surface area contributed by atoms with Crippen molar-refractivity contribution < 1.29 is 9.53 Å². The average Bonchev–Trinajstić information content (AvgIpc) is 3.06. The van der Waals surface area contributed by atoms with Gasteiger partial charge in [0, 0.05) is 4.88 Å². The quantitative estimate of drug-likeness (QED) is 0.729. The van der Waals surface area contributed by atoms with E-state index in [2.05, 4.69) is 22.6 Å². The first-order valence-corrected chi connectivity index (χ1v) is 10.1. The van der Waals surface area contributed by atoms with Crippen molar-refractivity contribution in [3.63, 3.8) is 0 Å². The number of ether oxygens (including phenoxy) is 1. The molecule has 0 fully saturated rings. The van der Waals surface area contributed by atoms with Crippen LogP contribution in [0.2, 0.25) is 0 Å². The van der Waals surface area contributed by atoms with E-state index in [0.29, 0.717) is 27.6 Å². The molecule has 7 nitrogen and oxygen atoms in total. The smallest absolute Gasteiger partial charge is 0.279 e. The van der Waals surface area contributed by atoms with Gasteiger partial charge in [-0.2, -0.15) is 4.68 Å². The van der Waals surface area contributed by atoms with Gasteiger partial charge in [0.1, 0.15) is 11.8 Å². The highest BCUT2D eigenvalue weighted by molar-refractivity contribution is 7.18. The molecule has 0 radical (unpaired) electrons. The zero-order chi connectivity index (χ0) is 19.8. The molecule has 4 rings (SSSR count). The van der Waals surface area contributed by atoms with Gasteiger partial charge in [-0.05, 0) is 49.8 Å². The SMILES string of the molecule is COc1ccccc1NC(=O)C(C)n1nnc2sc3c(c2c1=O)CCC(C)C3. The fraction of sp³-hybridized carbons (Fsp3) is 0.400. The lowest BCUT2D eigenvalue weighted by atomic mass is 9.89. The summed E-state index contributed by atoms with van der Waals surface area (Å²) in [5, 5.41) is 11.7. The van der Waals surface area contributed by atoms with Crippen molar-refractivity contribution in [3.8, 4) is 5.75 Å². The molecule has 2 heterocycles. The normalized spacial score (nSPS) is 17.2. The molecule has 2 atom stereocenters. The molecule has 1 aliphatic carbocycles. The number of carbonyl (C=O) groups excluding carboxylic acids is 1. The number of hydrogen-bond acceptors (Lipinski definition) is 6. The highest BCUT2D eigenvalue weighted by Crippen LogP contribution is 2.35. The zero-order valence-corrected chi connectivity index (χ0v) is 16.9. The number of amides is 1. The number of carbonyl (C=O) groups is 1. The first kappa shape index (κ1) is 18.6. The van der Waals surface area contributed by atoms with Crippen LogP contribution < -0.4 is 15.6 Å². The molecule has 2 aromatic heterocycles. The van der Waals surface area contributed by atoms with Gasteiger partial charge in [0.2, 0.25) is 5.91 Å². The minimum absolute atomic E-state index is 0.250. The highest BCUT2D eigenvalue weighted by Gasteiger charge is 2.26. The summed E-state index contributed by atoms with van der Waals surface area (Å²) in [7, 11) is 1.54. The molecule has 0 saturated carbocycles. The Morgan fingerprint density at radius 3 is 2.96 bits per heavy atom. The number of fused-ring (bicyclic) bond motifs is 3. The summed E-state index contributed by atoms with van der Waals surface area (Å²) in [5.41, 5.74) is 1.38. The Hall–Kier alpha value is -2.74. The maximum absolute atomic E-state index is 13.1. The van der Waals surface area contributed by atoms with Gasteiger partial charge in [0.05, 0.1) is 18.2 Å². The van der Waals surface area contributed by atoms with Crippen LogP contribution in [0.4, 0.5) is 5.69 Å². The maximum atomic E-state index is 13.1. The topological polar surface area (TPSA) is 86.1 Å². The largest absolute Gasteiger partial charge is 0.495 e. The predicted octanol–water partition coefficient (Wildman–Crippen LogP) is 3.19. The van der Waals surface area contributed by atoms with E-state index in [0.717, 1.165) is 24.8 Å². The van der Waals surface area contributed by atoms with Gasteiger partial charge in [-0.25, -0.2) is 0 Å². The van der Waals surface area contributed by atoms with Crippen molar-refractivity contribution in [1.29, 1.82) is 0 Å². The van der Waals surface area contributed by atoms with Crippen molar-refractivity contribution in [2.24, 2.45) is 5.92 Å². The number of para-hydroxylation sites is 2. The minimum atomic E-state index is -0.799. The van der Waals surface area contributed by atoms with Crippen LogP contribution in [0, 0.1) is 5.92 Å². The molecule has 0 aliphatic heterocycles. The number of aromatic nitrogens is 3. The van der Waals surface area contributed by atoms with Crippen molar-refractivity contribution in [1.82, 2.24) is 15.0 Å². The maximum Gasteiger partial charge on any atom is 0.279 e. The number of benzene rings is 1. The molecule has 1 N–H and O–H groups in total. The molecule has 0 spiro atoms. The summed E-state index contributed by atoms with van der Waals surface area (Å²) >= 11 is 1.55. The summed E-state index contributed by atoms with van der Waals surface area (Å²) in [6, 6.07) is 6.34. The van der Waals surface area contributed by atoms with Crippen LogP contribution in [-0.4, -0.2) is 28.0 Å². The Morgan fingerprint density at radius 2 is 2.18 bits per heavy atom. The molecule has 1 amide bonds. The van der Waals surface area contributed by atoms with Crippen LogP contribution in [-0.2, 0) is 17.6 Å². The summed E-state index contributed by atoms with van der Waals surface area (Å²) in [5.74, 6) is 0.817. The van der Waals surface area contributed by atoms with E-state index in [9.17, 15) is 9.59 Å². The van der Waals surface area contributed by atoms with Gasteiger partial charge in [0.25, 0.3) is 5.56 Å². The third-order valence-corrected chi connectivity index (χ3v) is 6.40. The second kappa shape index (κ2) is 7.35. The zero-order valence-electron chi connectivity index (χ0n) is 16.1. The summed E-state index contributed by atoms with van der Waals surface area (Å²) in [4.78, 5) is 27.8. The Labute approximate surface area is 166 Å². The predicted molar refractivity (Wildman–Crippen MR) is 109 cm³/mol. The van der Waals surface area contributed by atoms with Crippen molar-refractivity contribution >= 4 is 33.1 Å². The number of aryl methyl sites for hydroxylation is 1. The Morgan fingerprint density at radius 1 is 1.39 bits per heavy atom. The number of hydrogen-bond donors (Lipinski definition) is 1. The van der Waals surface area contributed by atoms with Gasteiger partial charge in [-0.1, -0.05) is 24.3 Å².